The molecule has 144 valence electrons. The summed E-state index contributed by atoms with van der Waals surface area (Å²) in [5.41, 5.74) is 0.160. The van der Waals surface area contributed by atoms with Crippen LogP contribution in [0.1, 0.15) is 30.6 Å². The summed E-state index contributed by atoms with van der Waals surface area (Å²) < 4.78 is 19.9. The predicted octanol–water partition coefficient (Wildman–Crippen LogP) is 1.56. The molecule has 26 heavy (non-hydrogen) atoms. The highest BCUT2D eigenvalue weighted by molar-refractivity contribution is 5.94. The normalized spacial score (nSPS) is 11.5. The number of amides is 1. The first kappa shape index (κ1) is 21.3. The molecule has 0 heterocycles. The molecular weight excluding hydrogens is 342 g/mol. The Kier molecular flexibility index (Phi) is 8.41. The number of ether oxygens (including phenoxy) is 4. The topological polar surface area (TPSA) is 100 Å². The number of esters is 2. The van der Waals surface area contributed by atoms with Gasteiger partial charge in [0.05, 0.1) is 21.3 Å². The summed E-state index contributed by atoms with van der Waals surface area (Å²) in [5.74, 6) is -0.909. The van der Waals surface area contributed by atoms with E-state index in [1.54, 1.807) is 6.07 Å². The number of carbonyl (C=O) groups excluding carboxylic acids is 3. The van der Waals surface area contributed by atoms with Gasteiger partial charge in [-0.3, -0.25) is 4.79 Å². The Bertz CT molecular complexity index is 642. The molecule has 0 aliphatic rings. The van der Waals surface area contributed by atoms with Gasteiger partial charge in [0, 0.05) is 6.07 Å². The van der Waals surface area contributed by atoms with Crippen molar-refractivity contribution in [1.82, 2.24) is 5.32 Å². The summed E-state index contributed by atoms with van der Waals surface area (Å²) in [6, 6.07) is 3.80. The summed E-state index contributed by atoms with van der Waals surface area (Å²) in [5, 5.41) is 2.51. The van der Waals surface area contributed by atoms with E-state index in [2.05, 4.69) is 10.1 Å². The lowest BCUT2D eigenvalue weighted by Gasteiger charge is -2.18. The lowest BCUT2D eigenvalue weighted by atomic mass is 10.0. The summed E-state index contributed by atoms with van der Waals surface area (Å²) in [4.78, 5) is 35.9. The van der Waals surface area contributed by atoms with Gasteiger partial charge in [-0.1, -0.05) is 13.8 Å². The maximum absolute atomic E-state index is 12.2. The van der Waals surface area contributed by atoms with E-state index in [9.17, 15) is 14.4 Å². The Morgan fingerprint density at radius 1 is 1.08 bits per heavy atom. The van der Waals surface area contributed by atoms with Crippen LogP contribution in [0.5, 0.6) is 11.5 Å². The predicted molar refractivity (Wildman–Crippen MR) is 93.2 cm³/mol. The number of hydrogen-bond donors (Lipinski definition) is 1. The fourth-order valence-corrected chi connectivity index (χ4v) is 2.24. The maximum atomic E-state index is 12.2. The zero-order valence-electron chi connectivity index (χ0n) is 15.7. The molecule has 0 aliphatic carbocycles. The van der Waals surface area contributed by atoms with Crippen LogP contribution in [-0.2, 0) is 19.1 Å². The van der Waals surface area contributed by atoms with Crippen LogP contribution in [0.15, 0.2) is 18.2 Å². The Balaban J connectivity index is 2.68. The van der Waals surface area contributed by atoms with Crippen LogP contribution < -0.4 is 14.8 Å². The molecule has 8 nitrogen and oxygen atoms in total. The van der Waals surface area contributed by atoms with Crippen molar-refractivity contribution in [3.8, 4) is 11.5 Å². The largest absolute Gasteiger partial charge is 0.497 e. The Hall–Kier alpha value is -2.77. The van der Waals surface area contributed by atoms with Crippen molar-refractivity contribution in [1.29, 1.82) is 0 Å². The van der Waals surface area contributed by atoms with Gasteiger partial charge < -0.3 is 24.3 Å². The molecule has 0 radical (unpaired) electrons. The van der Waals surface area contributed by atoms with E-state index in [1.807, 2.05) is 13.8 Å². The van der Waals surface area contributed by atoms with Crippen molar-refractivity contribution in [2.45, 2.75) is 26.3 Å². The molecular formula is C18H25NO7. The van der Waals surface area contributed by atoms with E-state index in [4.69, 9.17) is 14.2 Å². The molecule has 1 N–H and O–H groups in total. The van der Waals surface area contributed by atoms with Gasteiger partial charge in [-0.15, -0.1) is 0 Å². The lowest BCUT2D eigenvalue weighted by Crippen LogP contribution is -2.44. The van der Waals surface area contributed by atoms with Gasteiger partial charge in [-0.05, 0) is 24.5 Å². The van der Waals surface area contributed by atoms with Crippen LogP contribution >= 0.6 is 0 Å². The third-order valence-electron chi connectivity index (χ3n) is 3.49. The first-order valence-corrected chi connectivity index (χ1v) is 8.08. The summed E-state index contributed by atoms with van der Waals surface area (Å²) >= 11 is 0. The minimum atomic E-state index is -0.790. The zero-order valence-corrected chi connectivity index (χ0v) is 15.7. The van der Waals surface area contributed by atoms with Crippen molar-refractivity contribution in [2.75, 3.05) is 27.9 Å². The highest BCUT2D eigenvalue weighted by atomic mass is 16.5. The van der Waals surface area contributed by atoms with Crippen molar-refractivity contribution < 1.29 is 33.3 Å². The molecule has 0 aliphatic heterocycles. The van der Waals surface area contributed by atoms with E-state index in [-0.39, 0.29) is 17.2 Å². The lowest BCUT2D eigenvalue weighted by molar-refractivity contribution is -0.145. The summed E-state index contributed by atoms with van der Waals surface area (Å²) in [6.45, 7) is 3.30. The second kappa shape index (κ2) is 10.3. The summed E-state index contributed by atoms with van der Waals surface area (Å²) in [7, 11) is 4.15. The highest BCUT2D eigenvalue weighted by Gasteiger charge is 2.23. The van der Waals surface area contributed by atoms with Gasteiger partial charge in [0.2, 0.25) is 0 Å². The van der Waals surface area contributed by atoms with Gasteiger partial charge in [0.25, 0.3) is 5.91 Å². The Morgan fingerprint density at radius 3 is 2.31 bits per heavy atom. The van der Waals surface area contributed by atoms with Gasteiger partial charge in [-0.25, -0.2) is 9.59 Å². The van der Waals surface area contributed by atoms with E-state index in [1.165, 1.54) is 33.5 Å². The van der Waals surface area contributed by atoms with Crippen molar-refractivity contribution in [2.24, 2.45) is 5.92 Å². The standard InChI is InChI=1S/C18H25NO7/c1-11(2)8-14(18(22)25-5)19-16(20)10-26-17(21)13-7-6-12(23-3)9-15(13)24-4/h6-7,9,11,14H,8,10H2,1-5H3,(H,19,20). The number of rotatable bonds is 9. The average molecular weight is 367 g/mol. The molecule has 8 heteroatoms. The fraction of sp³-hybridized carbons (Fsp3) is 0.500. The van der Waals surface area contributed by atoms with Gasteiger partial charge in [0.15, 0.2) is 6.61 Å². The molecule has 1 unspecified atom stereocenters. The Labute approximate surface area is 152 Å². The first-order chi connectivity index (χ1) is 12.3. The van der Waals surface area contributed by atoms with E-state index in [0.29, 0.717) is 12.2 Å². The van der Waals surface area contributed by atoms with Crippen LogP contribution in [0, 0.1) is 5.92 Å². The highest BCUT2D eigenvalue weighted by Crippen LogP contribution is 2.25. The molecule has 1 atom stereocenters. The Morgan fingerprint density at radius 2 is 1.77 bits per heavy atom. The van der Waals surface area contributed by atoms with Crippen LogP contribution in [0.4, 0.5) is 0 Å². The first-order valence-electron chi connectivity index (χ1n) is 8.08. The molecule has 1 aromatic rings. The monoisotopic (exact) mass is 367 g/mol. The average Bonchev–Trinajstić information content (AvgIpc) is 2.63. The second-order valence-corrected chi connectivity index (χ2v) is 5.92. The second-order valence-electron chi connectivity index (χ2n) is 5.92. The molecule has 0 saturated carbocycles. The number of nitrogens with one attached hydrogen (secondary N) is 1. The van der Waals surface area contributed by atoms with Gasteiger partial charge >= 0.3 is 11.9 Å². The number of carbonyl (C=O) groups is 3. The molecule has 0 bridgehead atoms. The minimum Gasteiger partial charge on any atom is -0.497 e. The van der Waals surface area contributed by atoms with Crippen LogP contribution in [0.3, 0.4) is 0 Å². The molecule has 0 saturated heterocycles. The fourth-order valence-electron chi connectivity index (χ4n) is 2.24. The third-order valence-corrected chi connectivity index (χ3v) is 3.49. The van der Waals surface area contributed by atoms with Crippen LogP contribution in [-0.4, -0.2) is 51.8 Å². The van der Waals surface area contributed by atoms with Crippen LogP contribution in [0.25, 0.3) is 0 Å². The quantitative estimate of drug-likeness (QED) is 0.661. The van der Waals surface area contributed by atoms with Crippen molar-refractivity contribution in [3.63, 3.8) is 0 Å². The third kappa shape index (κ3) is 6.27. The SMILES string of the molecule is COC(=O)C(CC(C)C)NC(=O)COC(=O)c1ccc(OC)cc1OC. The number of methoxy groups -OCH3 is 3. The minimum absolute atomic E-state index is 0.160. The molecule has 1 rings (SSSR count). The maximum Gasteiger partial charge on any atom is 0.342 e. The zero-order chi connectivity index (χ0) is 19.7. The van der Waals surface area contributed by atoms with Crippen molar-refractivity contribution in [3.05, 3.63) is 23.8 Å². The van der Waals surface area contributed by atoms with Crippen LogP contribution in [0.2, 0.25) is 0 Å². The molecule has 0 aromatic heterocycles. The number of benzene rings is 1. The molecule has 0 fully saturated rings. The van der Waals surface area contributed by atoms with Gasteiger partial charge in [-0.2, -0.15) is 0 Å². The van der Waals surface area contributed by atoms with E-state index < -0.39 is 30.5 Å². The van der Waals surface area contributed by atoms with E-state index in [0.717, 1.165) is 0 Å². The van der Waals surface area contributed by atoms with Crippen molar-refractivity contribution >= 4 is 17.8 Å². The number of hydrogen-bond acceptors (Lipinski definition) is 7. The molecule has 0 spiro atoms. The molecule has 1 amide bonds. The molecule has 1 aromatic carbocycles. The van der Waals surface area contributed by atoms with E-state index >= 15 is 0 Å². The van der Waals surface area contributed by atoms with Gasteiger partial charge in [0.1, 0.15) is 23.1 Å². The smallest absolute Gasteiger partial charge is 0.342 e. The summed E-state index contributed by atoms with van der Waals surface area (Å²) in [6.07, 6.45) is 0.415.